The van der Waals surface area contributed by atoms with Crippen LogP contribution < -0.4 is 5.32 Å². The highest BCUT2D eigenvalue weighted by atomic mass is 19.1. The van der Waals surface area contributed by atoms with Gasteiger partial charge in [0.1, 0.15) is 29.6 Å². The molecule has 1 aromatic carbocycles. The lowest BCUT2D eigenvalue weighted by Crippen LogP contribution is -2.69. The third-order valence-electron chi connectivity index (χ3n) is 7.42. The molecule has 1 saturated carbocycles. The minimum absolute atomic E-state index is 0.00676. The van der Waals surface area contributed by atoms with Crippen LogP contribution in [0.1, 0.15) is 38.2 Å². The van der Waals surface area contributed by atoms with Gasteiger partial charge in [0.15, 0.2) is 5.76 Å². The quantitative estimate of drug-likeness (QED) is 0.615. The molecular weight excluding hydrogens is 446 g/mol. The summed E-state index contributed by atoms with van der Waals surface area (Å²) >= 11 is 0. The van der Waals surface area contributed by atoms with Gasteiger partial charge in [-0.3, -0.25) is 14.5 Å². The first-order valence-corrected chi connectivity index (χ1v) is 11.7. The largest absolute Gasteiger partial charge is 0.507 e. The molecule has 1 aliphatic carbocycles. The Balaban J connectivity index is 1.38. The molecule has 1 unspecified atom stereocenters. The average Bonchev–Trinajstić information content (AvgIpc) is 2.75. The van der Waals surface area contributed by atoms with Gasteiger partial charge in [0.2, 0.25) is 0 Å². The lowest BCUT2D eigenvalue weighted by Gasteiger charge is -2.56. The molecule has 3 N–H and O–H groups in total. The Labute approximate surface area is 196 Å². The SMILES string of the molecule is C[C@H]1CCN(C2CCC2)[C@@H]2CN3C=C(C(=O)NCc4ccc(F)cc4F)C(O)C(O)=C3C(=O)N12. The Kier molecular flexibility index (Phi) is 5.81. The number of carbonyl (C=O) groups excluding carboxylic acids is 2. The van der Waals surface area contributed by atoms with Crippen molar-refractivity contribution in [3.8, 4) is 0 Å². The lowest BCUT2D eigenvalue weighted by atomic mass is 9.88. The van der Waals surface area contributed by atoms with Crippen LogP contribution in [0.2, 0.25) is 0 Å². The summed E-state index contributed by atoms with van der Waals surface area (Å²) in [7, 11) is 0. The van der Waals surface area contributed by atoms with E-state index >= 15 is 0 Å². The number of aliphatic hydroxyl groups is 2. The molecule has 10 heteroatoms. The third-order valence-corrected chi connectivity index (χ3v) is 7.42. The van der Waals surface area contributed by atoms with Crippen molar-refractivity contribution in [3.05, 3.63) is 58.6 Å². The van der Waals surface area contributed by atoms with Crippen molar-refractivity contribution in [2.24, 2.45) is 0 Å². The molecular formula is C24H28F2N4O4. The predicted molar refractivity (Wildman–Crippen MR) is 118 cm³/mol. The van der Waals surface area contributed by atoms with Gasteiger partial charge < -0.3 is 25.3 Å². The van der Waals surface area contributed by atoms with Crippen molar-refractivity contribution < 1.29 is 28.6 Å². The number of hydrogen-bond acceptors (Lipinski definition) is 6. The summed E-state index contributed by atoms with van der Waals surface area (Å²) in [6, 6.07) is 3.45. The van der Waals surface area contributed by atoms with Gasteiger partial charge in [-0.1, -0.05) is 12.5 Å². The summed E-state index contributed by atoms with van der Waals surface area (Å²) in [4.78, 5) is 31.9. The number of piperazine rings is 1. The molecule has 3 aliphatic heterocycles. The van der Waals surface area contributed by atoms with Gasteiger partial charge >= 0.3 is 0 Å². The van der Waals surface area contributed by atoms with E-state index in [4.69, 9.17) is 0 Å². The van der Waals surface area contributed by atoms with Crippen LogP contribution in [-0.4, -0.2) is 74.2 Å². The van der Waals surface area contributed by atoms with Gasteiger partial charge in [0, 0.05) is 43.0 Å². The third kappa shape index (κ3) is 3.74. The highest BCUT2D eigenvalue weighted by molar-refractivity contribution is 5.99. The maximum absolute atomic E-state index is 13.9. The number of carbonyl (C=O) groups is 2. The minimum atomic E-state index is -1.69. The van der Waals surface area contributed by atoms with Gasteiger partial charge in [0.25, 0.3) is 11.8 Å². The number of hydrogen-bond donors (Lipinski definition) is 3. The molecule has 0 spiro atoms. The van der Waals surface area contributed by atoms with Crippen LogP contribution in [0.5, 0.6) is 0 Å². The molecule has 2 saturated heterocycles. The second-order valence-corrected chi connectivity index (χ2v) is 9.44. The molecule has 3 heterocycles. The second kappa shape index (κ2) is 8.66. The zero-order valence-corrected chi connectivity index (χ0v) is 18.9. The Bertz CT molecular complexity index is 1090. The maximum atomic E-state index is 13.9. The number of nitrogens with zero attached hydrogens (tertiary/aromatic N) is 3. The number of rotatable bonds is 4. The van der Waals surface area contributed by atoms with E-state index in [0.717, 1.165) is 44.4 Å². The Morgan fingerprint density at radius 2 is 2.00 bits per heavy atom. The van der Waals surface area contributed by atoms with Crippen LogP contribution in [-0.2, 0) is 16.1 Å². The van der Waals surface area contributed by atoms with Crippen molar-refractivity contribution in [2.75, 3.05) is 13.1 Å². The molecule has 0 bridgehead atoms. The van der Waals surface area contributed by atoms with E-state index in [9.17, 15) is 28.6 Å². The predicted octanol–water partition coefficient (Wildman–Crippen LogP) is 1.73. The van der Waals surface area contributed by atoms with E-state index < -0.39 is 29.4 Å². The topological polar surface area (TPSA) is 96.4 Å². The smallest absolute Gasteiger partial charge is 0.275 e. The normalized spacial score (nSPS) is 27.7. The Hall–Kier alpha value is -2.98. The van der Waals surface area contributed by atoms with E-state index in [2.05, 4.69) is 10.2 Å². The molecule has 182 valence electrons. The van der Waals surface area contributed by atoms with Crippen LogP contribution in [0.25, 0.3) is 0 Å². The fraction of sp³-hybridized carbons (Fsp3) is 0.500. The van der Waals surface area contributed by atoms with Crippen LogP contribution in [0.4, 0.5) is 8.78 Å². The zero-order valence-electron chi connectivity index (χ0n) is 18.9. The fourth-order valence-corrected chi connectivity index (χ4v) is 5.28. The van der Waals surface area contributed by atoms with Gasteiger partial charge in [-0.25, -0.2) is 8.78 Å². The molecule has 3 atom stereocenters. The minimum Gasteiger partial charge on any atom is -0.507 e. The van der Waals surface area contributed by atoms with E-state index in [1.807, 2.05) is 6.92 Å². The summed E-state index contributed by atoms with van der Waals surface area (Å²) in [6.45, 7) is 3.00. The van der Waals surface area contributed by atoms with Crippen LogP contribution in [0, 0.1) is 11.6 Å². The number of aliphatic hydroxyl groups excluding tert-OH is 2. The van der Waals surface area contributed by atoms with E-state index in [1.165, 1.54) is 12.3 Å². The molecule has 4 aliphatic rings. The molecule has 0 aromatic heterocycles. The van der Waals surface area contributed by atoms with Crippen LogP contribution in [0.3, 0.4) is 0 Å². The monoisotopic (exact) mass is 474 g/mol. The Morgan fingerprint density at radius 3 is 2.68 bits per heavy atom. The van der Waals surface area contributed by atoms with Crippen LogP contribution in [0.15, 0.2) is 41.4 Å². The van der Waals surface area contributed by atoms with Crippen molar-refractivity contribution in [1.82, 2.24) is 20.0 Å². The molecule has 0 radical (unpaired) electrons. The highest BCUT2D eigenvalue weighted by Crippen LogP contribution is 2.38. The summed E-state index contributed by atoms with van der Waals surface area (Å²) in [5.41, 5.74) is -0.0894. The maximum Gasteiger partial charge on any atom is 0.275 e. The molecule has 5 rings (SSSR count). The molecule has 2 amide bonds. The molecule has 1 aromatic rings. The van der Waals surface area contributed by atoms with Crippen molar-refractivity contribution in [3.63, 3.8) is 0 Å². The lowest BCUT2D eigenvalue weighted by molar-refractivity contribution is -0.155. The van der Waals surface area contributed by atoms with Gasteiger partial charge in [0.05, 0.1) is 12.1 Å². The first-order chi connectivity index (χ1) is 16.3. The molecule has 34 heavy (non-hydrogen) atoms. The van der Waals surface area contributed by atoms with Crippen molar-refractivity contribution in [1.29, 1.82) is 0 Å². The van der Waals surface area contributed by atoms with Crippen molar-refractivity contribution in [2.45, 2.75) is 63.5 Å². The summed E-state index contributed by atoms with van der Waals surface area (Å²) < 4.78 is 27.0. The first kappa shape index (κ1) is 22.8. The number of amides is 2. The molecule has 8 nitrogen and oxygen atoms in total. The number of fused-ring (bicyclic) bond motifs is 2. The standard InChI is InChI=1S/C24H28F2N4O4/c1-13-7-8-29(16-3-2-4-16)19-12-28-11-17(21(31)22(32)20(28)24(34)30(13)19)23(33)27-10-14-5-6-15(25)9-18(14)26/h5-6,9,11,13,16,19,21,31-32H,2-4,7-8,10,12H2,1H3,(H,27,33)/t13-,19-,21?/m0/s1. The van der Waals surface area contributed by atoms with Gasteiger partial charge in [-0.15, -0.1) is 0 Å². The fourth-order valence-electron chi connectivity index (χ4n) is 5.28. The summed E-state index contributed by atoms with van der Waals surface area (Å²) in [5.74, 6) is -3.18. The Morgan fingerprint density at radius 1 is 1.24 bits per heavy atom. The second-order valence-electron chi connectivity index (χ2n) is 9.44. The molecule has 3 fully saturated rings. The van der Waals surface area contributed by atoms with E-state index in [0.29, 0.717) is 12.6 Å². The first-order valence-electron chi connectivity index (χ1n) is 11.7. The van der Waals surface area contributed by atoms with E-state index in [-0.39, 0.29) is 41.5 Å². The van der Waals surface area contributed by atoms with Crippen molar-refractivity contribution >= 4 is 11.8 Å². The average molecular weight is 475 g/mol. The number of benzene rings is 1. The summed E-state index contributed by atoms with van der Waals surface area (Å²) in [5, 5.41) is 23.9. The van der Waals surface area contributed by atoms with Crippen LogP contribution >= 0.6 is 0 Å². The zero-order chi connectivity index (χ0) is 24.1. The van der Waals surface area contributed by atoms with Gasteiger partial charge in [-0.2, -0.15) is 0 Å². The number of nitrogens with one attached hydrogen (secondary N) is 1. The summed E-state index contributed by atoms with van der Waals surface area (Å²) in [6.07, 6.45) is 3.68. The van der Waals surface area contributed by atoms with Gasteiger partial charge in [-0.05, 0) is 32.3 Å². The van der Waals surface area contributed by atoms with E-state index in [1.54, 1.807) is 9.80 Å². The number of halogens is 2. The highest BCUT2D eigenvalue weighted by Gasteiger charge is 2.49.